The fourth-order valence-corrected chi connectivity index (χ4v) is 1.91. The first-order valence-electron chi connectivity index (χ1n) is 4.33. The van der Waals surface area contributed by atoms with Crippen molar-refractivity contribution in [1.82, 2.24) is 14.8 Å². The van der Waals surface area contributed by atoms with Gasteiger partial charge in [-0.15, -0.1) is 0 Å². The first-order chi connectivity index (χ1) is 7.16. The zero-order valence-electron chi connectivity index (χ0n) is 8.21. The monoisotopic (exact) mass is 221 g/mol. The highest BCUT2D eigenvalue weighted by molar-refractivity contribution is 7.99. The summed E-state index contributed by atoms with van der Waals surface area (Å²) in [6, 6.07) is 5.52. The number of anilines is 2. The van der Waals surface area contributed by atoms with Crippen LogP contribution in [-0.4, -0.2) is 14.8 Å². The molecule has 2 rings (SSSR count). The van der Waals surface area contributed by atoms with E-state index >= 15 is 0 Å². The van der Waals surface area contributed by atoms with Gasteiger partial charge >= 0.3 is 0 Å². The number of hydrogen-bond donors (Lipinski definition) is 2. The summed E-state index contributed by atoms with van der Waals surface area (Å²) >= 11 is 1.50. The Morgan fingerprint density at radius 1 is 1.27 bits per heavy atom. The lowest BCUT2D eigenvalue weighted by Crippen LogP contribution is -1.95. The number of benzene rings is 1. The summed E-state index contributed by atoms with van der Waals surface area (Å²) in [7, 11) is 1.84. The molecule has 0 bridgehead atoms. The Labute approximate surface area is 91.5 Å². The summed E-state index contributed by atoms with van der Waals surface area (Å²) < 4.78 is 1.71. The van der Waals surface area contributed by atoms with E-state index in [1.807, 2.05) is 19.2 Å². The second-order valence-corrected chi connectivity index (χ2v) is 4.10. The molecule has 1 aromatic heterocycles. The van der Waals surface area contributed by atoms with E-state index < -0.39 is 0 Å². The van der Waals surface area contributed by atoms with Gasteiger partial charge in [0, 0.05) is 11.9 Å². The minimum absolute atomic E-state index is 0.585. The van der Waals surface area contributed by atoms with Crippen LogP contribution in [0.2, 0.25) is 0 Å². The van der Waals surface area contributed by atoms with Gasteiger partial charge in [-0.05, 0) is 18.2 Å². The molecule has 6 heteroatoms. The molecule has 0 saturated carbocycles. The Kier molecular flexibility index (Phi) is 2.51. The highest BCUT2D eigenvalue weighted by atomic mass is 32.2. The largest absolute Gasteiger partial charge is 0.397 e. The molecule has 1 aromatic carbocycles. The van der Waals surface area contributed by atoms with Gasteiger partial charge < -0.3 is 11.5 Å². The van der Waals surface area contributed by atoms with E-state index in [2.05, 4.69) is 10.1 Å². The molecular weight excluding hydrogens is 210 g/mol. The van der Waals surface area contributed by atoms with Crippen molar-refractivity contribution in [2.45, 2.75) is 10.1 Å². The van der Waals surface area contributed by atoms with Crippen LogP contribution < -0.4 is 11.5 Å². The molecule has 0 atom stereocenters. The van der Waals surface area contributed by atoms with E-state index in [9.17, 15) is 0 Å². The number of aromatic nitrogens is 3. The van der Waals surface area contributed by atoms with Gasteiger partial charge in [-0.2, -0.15) is 5.10 Å². The topological polar surface area (TPSA) is 82.8 Å². The molecule has 15 heavy (non-hydrogen) atoms. The standard InChI is InChI=1S/C9H11N5S/c1-14-9(12-5-13-14)15-6-2-3-7(10)8(11)4-6/h2-5H,10-11H2,1H3. The summed E-state index contributed by atoms with van der Waals surface area (Å²) in [6.45, 7) is 0. The maximum Gasteiger partial charge on any atom is 0.190 e. The number of hydrogen-bond acceptors (Lipinski definition) is 5. The van der Waals surface area contributed by atoms with E-state index in [0.717, 1.165) is 10.1 Å². The summed E-state index contributed by atoms with van der Waals surface area (Å²) in [5, 5.41) is 4.80. The summed E-state index contributed by atoms with van der Waals surface area (Å²) in [5.41, 5.74) is 12.5. The lowest BCUT2D eigenvalue weighted by Gasteiger charge is -2.03. The van der Waals surface area contributed by atoms with Crippen molar-refractivity contribution in [3.63, 3.8) is 0 Å². The third-order valence-corrected chi connectivity index (χ3v) is 2.98. The van der Waals surface area contributed by atoms with E-state index in [-0.39, 0.29) is 0 Å². The van der Waals surface area contributed by atoms with Gasteiger partial charge in [-0.1, -0.05) is 11.8 Å². The summed E-state index contributed by atoms with van der Waals surface area (Å²) in [4.78, 5) is 5.10. The third kappa shape index (κ3) is 2.04. The smallest absolute Gasteiger partial charge is 0.190 e. The quantitative estimate of drug-likeness (QED) is 0.743. The average Bonchev–Trinajstić information content (AvgIpc) is 2.59. The molecule has 5 nitrogen and oxygen atoms in total. The van der Waals surface area contributed by atoms with Crippen molar-refractivity contribution in [2.75, 3.05) is 11.5 Å². The van der Waals surface area contributed by atoms with Crippen molar-refractivity contribution in [2.24, 2.45) is 7.05 Å². The number of nitrogens with two attached hydrogens (primary N) is 2. The molecule has 0 spiro atoms. The van der Waals surface area contributed by atoms with Crippen molar-refractivity contribution in [1.29, 1.82) is 0 Å². The molecule has 0 amide bonds. The van der Waals surface area contributed by atoms with Crippen LogP contribution in [0.5, 0.6) is 0 Å². The number of nitrogen functional groups attached to an aromatic ring is 2. The predicted octanol–water partition coefficient (Wildman–Crippen LogP) is 1.13. The zero-order chi connectivity index (χ0) is 10.8. The Morgan fingerprint density at radius 2 is 2.07 bits per heavy atom. The highest BCUT2D eigenvalue weighted by Crippen LogP contribution is 2.28. The van der Waals surface area contributed by atoms with E-state index in [1.165, 1.54) is 18.1 Å². The number of nitrogens with zero attached hydrogens (tertiary/aromatic N) is 3. The lowest BCUT2D eigenvalue weighted by atomic mass is 10.3. The summed E-state index contributed by atoms with van der Waals surface area (Å²) in [5.74, 6) is 0. The predicted molar refractivity (Wildman–Crippen MR) is 60.4 cm³/mol. The van der Waals surface area contributed by atoms with Crippen LogP contribution in [-0.2, 0) is 7.05 Å². The molecule has 4 N–H and O–H groups in total. The Morgan fingerprint density at radius 3 is 2.67 bits per heavy atom. The van der Waals surface area contributed by atoms with Crippen molar-refractivity contribution >= 4 is 23.1 Å². The van der Waals surface area contributed by atoms with Gasteiger partial charge in [0.1, 0.15) is 6.33 Å². The lowest BCUT2D eigenvalue weighted by molar-refractivity contribution is 0.685. The van der Waals surface area contributed by atoms with E-state index in [0.29, 0.717) is 11.4 Å². The zero-order valence-corrected chi connectivity index (χ0v) is 9.03. The minimum Gasteiger partial charge on any atom is -0.397 e. The Balaban J connectivity index is 2.25. The molecule has 0 aliphatic rings. The number of aryl methyl sites for hydroxylation is 1. The van der Waals surface area contributed by atoms with Gasteiger partial charge in [0.25, 0.3) is 0 Å². The fraction of sp³-hybridized carbons (Fsp3) is 0.111. The van der Waals surface area contributed by atoms with Crippen LogP contribution in [0, 0.1) is 0 Å². The first kappa shape index (κ1) is 9.85. The molecule has 2 aromatic rings. The van der Waals surface area contributed by atoms with Crippen molar-refractivity contribution < 1.29 is 0 Å². The van der Waals surface area contributed by atoms with Crippen LogP contribution in [0.1, 0.15) is 0 Å². The second kappa shape index (κ2) is 3.82. The molecule has 78 valence electrons. The average molecular weight is 221 g/mol. The first-order valence-corrected chi connectivity index (χ1v) is 5.15. The van der Waals surface area contributed by atoms with Gasteiger partial charge in [-0.25, -0.2) is 9.67 Å². The maximum absolute atomic E-state index is 5.71. The maximum atomic E-state index is 5.71. The number of rotatable bonds is 2. The Bertz CT molecular complexity index is 479. The molecule has 0 unspecified atom stereocenters. The molecule has 1 heterocycles. The molecule has 0 radical (unpaired) electrons. The van der Waals surface area contributed by atoms with Crippen LogP contribution in [0.3, 0.4) is 0 Å². The van der Waals surface area contributed by atoms with Crippen LogP contribution in [0.4, 0.5) is 11.4 Å². The summed E-state index contributed by atoms with van der Waals surface area (Å²) in [6.07, 6.45) is 1.52. The van der Waals surface area contributed by atoms with E-state index in [1.54, 1.807) is 10.7 Å². The minimum atomic E-state index is 0.585. The second-order valence-electron chi connectivity index (χ2n) is 3.06. The SMILES string of the molecule is Cn1ncnc1Sc1ccc(N)c(N)c1. The van der Waals surface area contributed by atoms with Gasteiger partial charge in [0.05, 0.1) is 11.4 Å². The molecule has 0 aliphatic carbocycles. The van der Waals surface area contributed by atoms with Gasteiger partial charge in [0.15, 0.2) is 5.16 Å². The molecule has 0 aliphatic heterocycles. The Hall–Kier alpha value is -1.69. The highest BCUT2D eigenvalue weighted by Gasteiger charge is 2.04. The van der Waals surface area contributed by atoms with Crippen LogP contribution >= 0.6 is 11.8 Å². The van der Waals surface area contributed by atoms with Gasteiger partial charge in [-0.3, -0.25) is 0 Å². The molecule has 0 fully saturated rings. The van der Waals surface area contributed by atoms with Crippen LogP contribution in [0.15, 0.2) is 34.6 Å². The normalized spacial score (nSPS) is 10.5. The van der Waals surface area contributed by atoms with E-state index in [4.69, 9.17) is 11.5 Å². The van der Waals surface area contributed by atoms with Crippen molar-refractivity contribution in [3.05, 3.63) is 24.5 Å². The van der Waals surface area contributed by atoms with Gasteiger partial charge in [0.2, 0.25) is 0 Å². The third-order valence-electron chi connectivity index (χ3n) is 1.94. The molecule has 0 saturated heterocycles. The fourth-order valence-electron chi connectivity index (χ4n) is 1.10. The van der Waals surface area contributed by atoms with Crippen molar-refractivity contribution in [3.8, 4) is 0 Å². The molecular formula is C9H11N5S. The van der Waals surface area contributed by atoms with Crippen LogP contribution in [0.25, 0.3) is 0 Å².